The van der Waals surface area contributed by atoms with Crippen LogP contribution >= 0.6 is 11.8 Å². The van der Waals surface area contributed by atoms with Gasteiger partial charge in [0.25, 0.3) is 0 Å². The number of alkyl halides is 1. The molecule has 0 amide bonds. The fourth-order valence-corrected chi connectivity index (χ4v) is 5.80. The number of hydrogen-bond donors (Lipinski definition) is 1. The Labute approximate surface area is 212 Å². The second-order valence-corrected chi connectivity index (χ2v) is 10.2. The van der Waals surface area contributed by atoms with Crippen LogP contribution in [0.1, 0.15) is 31.0 Å². The molecule has 0 spiro atoms. The van der Waals surface area contributed by atoms with Gasteiger partial charge < -0.3 is 14.7 Å². The molecule has 1 aliphatic rings. The van der Waals surface area contributed by atoms with Crippen LogP contribution in [0.5, 0.6) is 5.75 Å². The molecular formula is C27H29F3N2O3S. The zero-order chi connectivity index (χ0) is 25.7. The van der Waals surface area contributed by atoms with E-state index in [4.69, 9.17) is 4.74 Å². The van der Waals surface area contributed by atoms with Crippen molar-refractivity contribution in [2.24, 2.45) is 11.8 Å². The van der Waals surface area contributed by atoms with E-state index in [-0.39, 0.29) is 17.2 Å². The van der Waals surface area contributed by atoms with Gasteiger partial charge in [0.1, 0.15) is 23.6 Å². The number of carboxylic acid groups (broad SMARTS) is 1. The van der Waals surface area contributed by atoms with E-state index in [0.717, 1.165) is 12.1 Å². The van der Waals surface area contributed by atoms with Crippen LogP contribution in [0.25, 0.3) is 10.9 Å². The minimum absolute atomic E-state index is 0.132. The van der Waals surface area contributed by atoms with Crippen molar-refractivity contribution >= 4 is 28.6 Å². The van der Waals surface area contributed by atoms with E-state index in [1.54, 1.807) is 37.6 Å². The van der Waals surface area contributed by atoms with Gasteiger partial charge in [-0.05, 0) is 79.8 Å². The molecule has 4 rings (SSSR count). The summed E-state index contributed by atoms with van der Waals surface area (Å²) in [6, 6.07) is 10.4. The molecule has 9 heteroatoms. The first-order valence-corrected chi connectivity index (χ1v) is 12.9. The van der Waals surface area contributed by atoms with Gasteiger partial charge in [0.15, 0.2) is 0 Å². The molecule has 36 heavy (non-hydrogen) atoms. The number of thioether (sulfide) groups is 1. The topological polar surface area (TPSA) is 62.7 Å². The number of methoxy groups -OCH3 is 1. The van der Waals surface area contributed by atoms with Crippen molar-refractivity contribution in [3.8, 4) is 5.75 Å². The second kappa shape index (κ2) is 12.0. The lowest BCUT2D eigenvalue weighted by Crippen LogP contribution is -2.44. The summed E-state index contributed by atoms with van der Waals surface area (Å²) in [6.07, 6.45) is 1.67. The van der Waals surface area contributed by atoms with Crippen LogP contribution in [-0.2, 0) is 4.79 Å². The lowest BCUT2D eigenvalue weighted by Gasteiger charge is -2.36. The number of aliphatic carboxylic acids is 1. The van der Waals surface area contributed by atoms with Gasteiger partial charge in [-0.1, -0.05) is 0 Å². The van der Waals surface area contributed by atoms with Crippen molar-refractivity contribution < 1.29 is 27.8 Å². The van der Waals surface area contributed by atoms with Crippen LogP contribution in [0.2, 0.25) is 0 Å². The highest BCUT2D eigenvalue weighted by atomic mass is 32.2. The Kier molecular flexibility index (Phi) is 8.74. The highest BCUT2D eigenvalue weighted by molar-refractivity contribution is 7.99. The molecule has 192 valence electrons. The molecule has 3 atom stereocenters. The zero-order valence-corrected chi connectivity index (χ0v) is 20.8. The molecule has 3 aromatic rings. The van der Waals surface area contributed by atoms with E-state index < -0.39 is 29.7 Å². The van der Waals surface area contributed by atoms with Gasteiger partial charge in [0, 0.05) is 35.3 Å². The lowest BCUT2D eigenvalue weighted by atomic mass is 9.81. The third-order valence-corrected chi connectivity index (χ3v) is 7.84. The number of carboxylic acids is 1. The highest BCUT2D eigenvalue weighted by Crippen LogP contribution is 2.35. The summed E-state index contributed by atoms with van der Waals surface area (Å²) < 4.78 is 47.8. The number of aromatic nitrogens is 1. The number of pyridine rings is 1. The standard InChI is InChI=1S/C27H29F3N2O3S/c1-35-19-4-7-25-21(15-19)20(8-10-31-25)23(29)5-2-17-9-11-32(16-22(17)27(33)34)12-13-36-26-14-18(28)3-6-24(26)30/h3-4,6-8,10,14-15,17,22-23H,2,5,9,11-13,16H2,1H3,(H,33,34)/t17-,22+,23?/m1/s1. The number of benzene rings is 2. The van der Waals surface area contributed by atoms with Crippen molar-refractivity contribution in [2.45, 2.75) is 30.3 Å². The fourth-order valence-electron chi connectivity index (χ4n) is 4.83. The second-order valence-electron chi connectivity index (χ2n) is 9.05. The summed E-state index contributed by atoms with van der Waals surface area (Å²) in [5.74, 6) is -1.43. The van der Waals surface area contributed by atoms with Crippen molar-refractivity contribution in [3.05, 3.63) is 65.9 Å². The maximum absolute atomic E-state index is 15.4. The van der Waals surface area contributed by atoms with Crippen LogP contribution in [0.4, 0.5) is 13.2 Å². The minimum Gasteiger partial charge on any atom is -0.497 e. The molecule has 1 N–H and O–H groups in total. The zero-order valence-electron chi connectivity index (χ0n) is 20.0. The number of ether oxygens (including phenoxy) is 1. The van der Waals surface area contributed by atoms with Gasteiger partial charge in [-0.15, -0.1) is 11.8 Å². The number of rotatable bonds is 10. The molecule has 0 bridgehead atoms. The molecular weight excluding hydrogens is 489 g/mol. The first kappa shape index (κ1) is 26.3. The summed E-state index contributed by atoms with van der Waals surface area (Å²) in [6.45, 7) is 1.61. The van der Waals surface area contributed by atoms with Gasteiger partial charge in [0.05, 0.1) is 18.5 Å². The Balaban J connectivity index is 1.33. The Hall–Kier alpha value is -2.78. The van der Waals surface area contributed by atoms with E-state index >= 15 is 4.39 Å². The number of halogens is 3. The summed E-state index contributed by atoms with van der Waals surface area (Å²) in [7, 11) is 1.56. The molecule has 2 heterocycles. The third kappa shape index (κ3) is 6.31. The molecule has 1 saturated heterocycles. The molecule has 1 unspecified atom stereocenters. The van der Waals surface area contributed by atoms with E-state index in [9.17, 15) is 18.7 Å². The monoisotopic (exact) mass is 518 g/mol. The van der Waals surface area contributed by atoms with Crippen LogP contribution in [0.15, 0.2) is 53.6 Å². The number of fused-ring (bicyclic) bond motifs is 1. The Morgan fingerprint density at radius 2 is 2.08 bits per heavy atom. The highest BCUT2D eigenvalue weighted by Gasteiger charge is 2.34. The quantitative estimate of drug-likeness (QED) is 0.326. The van der Waals surface area contributed by atoms with E-state index in [0.29, 0.717) is 60.4 Å². The molecule has 1 fully saturated rings. The van der Waals surface area contributed by atoms with Crippen molar-refractivity contribution in [1.82, 2.24) is 9.88 Å². The summed E-state index contributed by atoms with van der Waals surface area (Å²) in [5.41, 5.74) is 1.22. The maximum Gasteiger partial charge on any atom is 0.308 e. The SMILES string of the molecule is COc1ccc2nccc(C(F)CC[C@@H]3CCN(CCSc4cc(F)ccc4F)C[C@@H]3C(=O)O)c2c1. The number of piperidine rings is 1. The smallest absolute Gasteiger partial charge is 0.308 e. The van der Waals surface area contributed by atoms with Crippen molar-refractivity contribution in [3.63, 3.8) is 0 Å². The molecule has 1 aromatic heterocycles. The van der Waals surface area contributed by atoms with Gasteiger partial charge in [-0.3, -0.25) is 9.78 Å². The largest absolute Gasteiger partial charge is 0.497 e. The number of carbonyl (C=O) groups is 1. The van der Waals surface area contributed by atoms with Crippen molar-refractivity contribution in [2.75, 3.05) is 32.5 Å². The van der Waals surface area contributed by atoms with Crippen molar-refractivity contribution in [1.29, 1.82) is 0 Å². The molecule has 0 radical (unpaired) electrons. The maximum atomic E-state index is 15.4. The minimum atomic E-state index is -1.24. The fraction of sp³-hybridized carbons (Fsp3) is 0.407. The van der Waals surface area contributed by atoms with E-state index in [1.807, 2.05) is 4.90 Å². The number of nitrogens with zero attached hydrogens (tertiary/aromatic N) is 2. The molecule has 0 aliphatic carbocycles. The molecule has 0 saturated carbocycles. The average Bonchev–Trinajstić information content (AvgIpc) is 2.88. The summed E-state index contributed by atoms with van der Waals surface area (Å²) in [4.78, 5) is 18.6. The van der Waals surface area contributed by atoms with E-state index in [1.165, 1.54) is 17.8 Å². The van der Waals surface area contributed by atoms with Gasteiger partial charge >= 0.3 is 5.97 Å². The molecule has 5 nitrogen and oxygen atoms in total. The van der Waals surface area contributed by atoms with Crippen LogP contribution in [-0.4, -0.2) is 53.5 Å². The number of likely N-dealkylation sites (tertiary alicyclic amines) is 1. The molecule has 2 aromatic carbocycles. The Morgan fingerprint density at radius 3 is 2.86 bits per heavy atom. The Morgan fingerprint density at radius 1 is 1.25 bits per heavy atom. The first-order valence-electron chi connectivity index (χ1n) is 12.0. The summed E-state index contributed by atoms with van der Waals surface area (Å²) >= 11 is 1.21. The predicted octanol–water partition coefficient (Wildman–Crippen LogP) is 6.13. The van der Waals surface area contributed by atoms with Gasteiger partial charge in [-0.2, -0.15) is 0 Å². The predicted molar refractivity (Wildman–Crippen MR) is 134 cm³/mol. The van der Waals surface area contributed by atoms with Crippen LogP contribution < -0.4 is 4.74 Å². The first-order chi connectivity index (χ1) is 17.4. The molecule has 1 aliphatic heterocycles. The van der Waals surface area contributed by atoms with Crippen LogP contribution in [0, 0.1) is 23.5 Å². The van der Waals surface area contributed by atoms with Gasteiger partial charge in [0.2, 0.25) is 0 Å². The summed E-state index contributed by atoms with van der Waals surface area (Å²) in [5, 5.41) is 10.5. The number of hydrogen-bond acceptors (Lipinski definition) is 5. The van der Waals surface area contributed by atoms with E-state index in [2.05, 4.69) is 4.98 Å². The average molecular weight is 519 g/mol. The lowest BCUT2D eigenvalue weighted by molar-refractivity contribution is -0.146. The normalized spacial score (nSPS) is 19.3. The van der Waals surface area contributed by atoms with Crippen LogP contribution in [0.3, 0.4) is 0 Å². The van der Waals surface area contributed by atoms with Gasteiger partial charge in [-0.25, -0.2) is 13.2 Å². The third-order valence-electron chi connectivity index (χ3n) is 6.83. The Bertz CT molecular complexity index is 1210.